The third-order valence-corrected chi connectivity index (χ3v) is 7.04. The molecule has 1 aliphatic rings. The van der Waals surface area contributed by atoms with E-state index in [-0.39, 0.29) is 18.0 Å². The van der Waals surface area contributed by atoms with E-state index in [1.807, 2.05) is 37.3 Å². The van der Waals surface area contributed by atoms with Crippen LogP contribution >= 0.6 is 0 Å². The molecule has 0 saturated carbocycles. The van der Waals surface area contributed by atoms with Crippen molar-refractivity contribution in [2.45, 2.75) is 18.4 Å². The van der Waals surface area contributed by atoms with Gasteiger partial charge in [0.25, 0.3) is 0 Å². The van der Waals surface area contributed by atoms with Crippen LogP contribution < -0.4 is 0 Å². The fourth-order valence-corrected chi connectivity index (χ4v) is 4.84. The van der Waals surface area contributed by atoms with Crippen molar-refractivity contribution in [1.29, 1.82) is 0 Å². The molecule has 2 heterocycles. The van der Waals surface area contributed by atoms with Crippen LogP contribution in [0.5, 0.6) is 0 Å². The van der Waals surface area contributed by atoms with Gasteiger partial charge in [-0.15, -0.1) is 0 Å². The number of nitrogens with zero attached hydrogens (tertiary/aromatic N) is 3. The van der Waals surface area contributed by atoms with Crippen molar-refractivity contribution in [3.05, 3.63) is 71.6 Å². The lowest BCUT2D eigenvalue weighted by atomic mass is 10.2. The van der Waals surface area contributed by atoms with E-state index in [0.29, 0.717) is 25.5 Å². The van der Waals surface area contributed by atoms with Gasteiger partial charge in [0.05, 0.1) is 10.6 Å². The zero-order valence-electron chi connectivity index (χ0n) is 16.4. The van der Waals surface area contributed by atoms with Crippen LogP contribution in [0.2, 0.25) is 0 Å². The molecule has 0 atom stereocenters. The molecule has 0 bridgehead atoms. The fraction of sp³-hybridized carbons (Fsp3) is 0.286. The summed E-state index contributed by atoms with van der Waals surface area (Å²) in [5.74, 6) is -0.963. The van der Waals surface area contributed by atoms with Gasteiger partial charge in [0.15, 0.2) is 11.6 Å². The molecule has 0 spiro atoms. The molecule has 1 aromatic heterocycles. The maximum atomic E-state index is 13.5. The summed E-state index contributed by atoms with van der Waals surface area (Å²) >= 11 is 0. The predicted molar refractivity (Wildman–Crippen MR) is 107 cm³/mol. The summed E-state index contributed by atoms with van der Waals surface area (Å²) in [6.07, 6.45) is 0. The van der Waals surface area contributed by atoms with E-state index in [4.69, 9.17) is 4.42 Å². The smallest absolute Gasteiger partial charge is 0.243 e. The van der Waals surface area contributed by atoms with Crippen LogP contribution in [0, 0.1) is 18.6 Å². The summed E-state index contributed by atoms with van der Waals surface area (Å²) in [5.41, 5.74) is 1.71. The highest BCUT2D eigenvalue weighted by atomic mass is 32.2. The first kappa shape index (κ1) is 20.6. The molecule has 9 heteroatoms. The number of piperazine rings is 1. The number of hydrogen-bond donors (Lipinski definition) is 0. The highest BCUT2D eigenvalue weighted by Crippen LogP contribution is 2.24. The molecule has 0 radical (unpaired) electrons. The van der Waals surface area contributed by atoms with Crippen molar-refractivity contribution in [3.63, 3.8) is 0 Å². The lowest BCUT2D eigenvalue weighted by Gasteiger charge is -2.33. The van der Waals surface area contributed by atoms with Crippen molar-refractivity contribution in [1.82, 2.24) is 14.2 Å². The topological polar surface area (TPSA) is 66.7 Å². The molecule has 0 amide bonds. The number of halogens is 2. The third-order valence-electron chi connectivity index (χ3n) is 5.15. The number of aryl methyl sites for hydroxylation is 1. The number of aromatic nitrogens is 1. The van der Waals surface area contributed by atoms with Crippen LogP contribution in [0.1, 0.15) is 11.5 Å². The summed E-state index contributed by atoms with van der Waals surface area (Å²) < 4.78 is 59.1. The first-order valence-electron chi connectivity index (χ1n) is 9.54. The second kappa shape index (κ2) is 8.25. The van der Waals surface area contributed by atoms with Crippen molar-refractivity contribution in [3.8, 4) is 11.5 Å². The maximum Gasteiger partial charge on any atom is 0.243 e. The standard InChI is InChI=1S/C21H21F2N3O3S/c1-15-20(24-21(29-15)16-5-3-2-4-6-16)14-25-9-11-26(12-10-25)30(27,28)17-7-8-18(22)19(23)13-17/h2-8,13H,9-12,14H2,1H3. The Bertz CT molecular complexity index is 1140. The van der Waals surface area contributed by atoms with Crippen molar-refractivity contribution >= 4 is 10.0 Å². The van der Waals surface area contributed by atoms with E-state index in [2.05, 4.69) is 9.88 Å². The third kappa shape index (κ3) is 4.14. The second-order valence-electron chi connectivity index (χ2n) is 7.14. The minimum atomic E-state index is -3.87. The number of benzene rings is 2. The molecule has 4 rings (SSSR count). The summed E-state index contributed by atoms with van der Waals surface area (Å²) in [4.78, 5) is 6.44. The van der Waals surface area contributed by atoms with E-state index >= 15 is 0 Å². The van der Waals surface area contributed by atoms with Crippen LogP contribution in [-0.4, -0.2) is 48.8 Å². The van der Waals surface area contributed by atoms with Crippen LogP contribution in [-0.2, 0) is 16.6 Å². The minimum Gasteiger partial charge on any atom is -0.441 e. The summed E-state index contributed by atoms with van der Waals surface area (Å²) in [6, 6.07) is 12.3. The van der Waals surface area contributed by atoms with Gasteiger partial charge in [-0.25, -0.2) is 22.2 Å². The monoisotopic (exact) mass is 433 g/mol. The van der Waals surface area contributed by atoms with Crippen LogP contribution in [0.3, 0.4) is 0 Å². The van der Waals surface area contributed by atoms with Gasteiger partial charge in [-0.1, -0.05) is 18.2 Å². The molecule has 30 heavy (non-hydrogen) atoms. The van der Waals surface area contributed by atoms with Crippen LogP contribution in [0.15, 0.2) is 57.8 Å². The first-order valence-corrected chi connectivity index (χ1v) is 11.0. The van der Waals surface area contributed by atoms with Gasteiger partial charge in [-0.2, -0.15) is 4.31 Å². The summed E-state index contributed by atoms with van der Waals surface area (Å²) in [7, 11) is -3.87. The van der Waals surface area contributed by atoms with Gasteiger partial charge >= 0.3 is 0 Å². The summed E-state index contributed by atoms with van der Waals surface area (Å²) in [6.45, 7) is 3.90. The number of rotatable bonds is 5. The lowest BCUT2D eigenvalue weighted by molar-refractivity contribution is 0.179. The zero-order chi connectivity index (χ0) is 21.3. The van der Waals surface area contributed by atoms with E-state index in [0.717, 1.165) is 35.2 Å². The van der Waals surface area contributed by atoms with Gasteiger partial charge in [0, 0.05) is 38.3 Å². The Morgan fingerprint density at radius 1 is 1.00 bits per heavy atom. The minimum absolute atomic E-state index is 0.241. The normalized spacial score (nSPS) is 16.1. The summed E-state index contributed by atoms with van der Waals surface area (Å²) in [5, 5.41) is 0. The highest BCUT2D eigenvalue weighted by molar-refractivity contribution is 7.89. The molecule has 3 aromatic rings. The van der Waals surface area contributed by atoms with Gasteiger partial charge in [0.1, 0.15) is 5.76 Å². The van der Waals surface area contributed by atoms with E-state index in [9.17, 15) is 17.2 Å². The van der Waals surface area contributed by atoms with Gasteiger partial charge in [-0.3, -0.25) is 4.90 Å². The molecular weight excluding hydrogens is 412 g/mol. The van der Waals surface area contributed by atoms with E-state index in [1.54, 1.807) is 0 Å². The largest absolute Gasteiger partial charge is 0.441 e. The molecule has 1 saturated heterocycles. The van der Waals surface area contributed by atoms with Crippen molar-refractivity contribution < 1.29 is 21.6 Å². The van der Waals surface area contributed by atoms with E-state index in [1.165, 1.54) is 4.31 Å². The molecule has 6 nitrogen and oxygen atoms in total. The van der Waals surface area contributed by atoms with Crippen molar-refractivity contribution in [2.24, 2.45) is 0 Å². The fourth-order valence-electron chi connectivity index (χ4n) is 3.41. The lowest BCUT2D eigenvalue weighted by Crippen LogP contribution is -2.48. The Morgan fingerprint density at radius 2 is 1.70 bits per heavy atom. The first-order chi connectivity index (χ1) is 14.3. The Morgan fingerprint density at radius 3 is 2.37 bits per heavy atom. The number of sulfonamides is 1. The van der Waals surface area contributed by atoms with Gasteiger partial charge < -0.3 is 4.42 Å². The molecule has 0 N–H and O–H groups in total. The second-order valence-corrected chi connectivity index (χ2v) is 9.08. The predicted octanol–water partition coefficient (Wildman–Crippen LogP) is 3.43. The van der Waals surface area contributed by atoms with Crippen molar-refractivity contribution in [2.75, 3.05) is 26.2 Å². The zero-order valence-corrected chi connectivity index (χ0v) is 17.2. The highest BCUT2D eigenvalue weighted by Gasteiger charge is 2.29. The SMILES string of the molecule is Cc1oc(-c2ccccc2)nc1CN1CCN(S(=O)(=O)c2ccc(F)c(F)c2)CC1. The molecule has 1 aliphatic heterocycles. The molecule has 0 unspecified atom stereocenters. The van der Waals surface area contributed by atoms with E-state index < -0.39 is 21.7 Å². The van der Waals surface area contributed by atoms with Gasteiger partial charge in [-0.05, 0) is 37.3 Å². The van der Waals surface area contributed by atoms with Crippen LogP contribution in [0.25, 0.3) is 11.5 Å². The average molecular weight is 433 g/mol. The molecule has 158 valence electrons. The number of hydrogen-bond acceptors (Lipinski definition) is 5. The molecular formula is C21H21F2N3O3S. The maximum absolute atomic E-state index is 13.5. The Balaban J connectivity index is 1.41. The quantitative estimate of drug-likeness (QED) is 0.617. The Labute approximate surface area is 173 Å². The molecule has 1 fully saturated rings. The number of oxazole rings is 1. The average Bonchev–Trinajstić information content (AvgIpc) is 3.11. The van der Waals surface area contributed by atoms with Gasteiger partial charge in [0.2, 0.25) is 15.9 Å². The molecule has 0 aliphatic carbocycles. The Hall–Kier alpha value is -2.62. The van der Waals surface area contributed by atoms with Crippen LogP contribution in [0.4, 0.5) is 8.78 Å². The Kier molecular flexibility index (Phi) is 5.68. The molecule has 2 aromatic carbocycles.